The maximum absolute atomic E-state index is 13.2. The van der Waals surface area contributed by atoms with E-state index in [0.717, 1.165) is 36.1 Å². The predicted octanol–water partition coefficient (Wildman–Crippen LogP) is 3.19. The molecule has 1 aromatic heterocycles. The first-order chi connectivity index (χ1) is 15.2. The maximum Gasteiger partial charge on any atom is 0.261 e. The number of nitrogens with two attached hydrogens (primary N) is 1. The summed E-state index contributed by atoms with van der Waals surface area (Å²) < 4.78 is 27.2. The number of likely N-dealkylation sites (tertiary alicyclic amines) is 1. The Morgan fingerprint density at radius 1 is 1.22 bits per heavy atom. The van der Waals surface area contributed by atoms with Gasteiger partial charge in [0.1, 0.15) is 0 Å². The average Bonchev–Trinajstić information content (AvgIpc) is 3.16. The molecular formula is C22H24BrClN4O3S. The zero-order valence-corrected chi connectivity index (χ0v) is 20.8. The topological polar surface area (TPSA) is 98.3 Å². The fourth-order valence-electron chi connectivity index (χ4n) is 4.02. The molecule has 1 aliphatic heterocycles. The first kappa shape index (κ1) is 23.4. The Bertz CT molecular complexity index is 1340. The van der Waals surface area contributed by atoms with Gasteiger partial charge in [0.2, 0.25) is 0 Å². The highest BCUT2D eigenvalue weighted by molar-refractivity contribution is 9.10. The highest BCUT2D eigenvalue weighted by Crippen LogP contribution is 2.25. The fourth-order valence-corrected chi connectivity index (χ4v) is 5.79. The molecule has 0 radical (unpaired) electrons. The number of benzene rings is 2. The van der Waals surface area contributed by atoms with Crippen molar-refractivity contribution in [3.05, 3.63) is 67.6 Å². The number of fused-ring (bicyclic) bond motifs is 1. The van der Waals surface area contributed by atoms with Crippen molar-refractivity contribution in [1.29, 1.82) is 0 Å². The van der Waals surface area contributed by atoms with E-state index in [2.05, 4.69) is 25.8 Å². The lowest BCUT2D eigenvalue weighted by atomic mass is 10.1. The van der Waals surface area contributed by atoms with Gasteiger partial charge >= 0.3 is 0 Å². The van der Waals surface area contributed by atoms with E-state index in [9.17, 15) is 13.2 Å². The van der Waals surface area contributed by atoms with Crippen LogP contribution in [0.3, 0.4) is 0 Å². The summed E-state index contributed by atoms with van der Waals surface area (Å²) in [6, 6.07) is 8.52. The number of halogens is 2. The van der Waals surface area contributed by atoms with Crippen molar-refractivity contribution in [3.63, 3.8) is 0 Å². The number of hydrogen-bond acceptors (Lipinski definition) is 6. The molecule has 7 nitrogen and oxygen atoms in total. The molecule has 0 unspecified atom stereocenters. The summed E-state index contributed by atoms with van der Waals surface area (Å²) in [5, 5.41) is 0.869. The van der Waals surface area contributed by atoms with Gasteiger partial charge in [0.25, 0.3) is 5.56 Å². The number of aromatic nitrogens is 2. The predicted molar refractivity (Wildman–Crippen MR) is 130 cm³/mol. The second kappa shape index (κ2) is 9.23. The maximum atomic E-state index is 13.2. The van der Waals surface area contributed by atoms with Crippen molar-refractivity contribution in [2.45, 2.75) is 37.4 Å². The molecule has 2 N–H and O–H groups in total. The number of nitrogens with zero attached hydrogens (tertiary/aromatic N) is 3. The van der Waals surface area contributed by atoms with E-state index in [1.165, 1.54) is 17.0 Å². The third-order valence-corrected chi connectivity index (χ3v) is 8.58. The lowest BCUT2D eigenvalue weighted by Gasteiger charge is -2.17. The second-order valence-electron chi connectivity index (χ2n) is 8.08. The Morgan fingerprint density at radius 2 is 2.00 bits per heavy atom. The molecule has 0 amide bonds. The summed E-state index contributed by atoms with van der Waals surface area (Å²) in [4.78, 5) is 20.1. The van der Waals surface area contributed by atoms with Crippen LogP contribution in [0.4, 0.5) is 0 Å². The van der Waals surface area contributed by atoms with Crippen LogP contribution in [0.1, 0.15) is 24.5 Å². The Balaban J connectivity index is 1.70. The smallest absolute Gasteiger partial charge is 0.261 e. The van der Waals surface area contributed by atoms with E-state index >= 15 is 0 Å². The van der Waals surface area contributed by atoms with Crippen molar-refractivity contribution >= 4 is 48.3 Å². The molecule has 2 heterocycles. The minimum absolute atomic E-state index is 0.0376. The first-order valence-corrected chi connectivity index (χ1v) is 13.2. The Kier molecular flexibility index (Phi) is 6.74. The van der Waals surface area contributed by atoms with Gasteiger partial charge in [0, 0.05) is 35.2 Å². The van der Waals surface area contributed by atoms with Crippen LogP contribution in [0.15, 0.2) is 50.8 Å². The van der Waals surface area contributed by atoms with Crippen molar-refractivity contribution in [1.82, 2.24) is 14.5 Å². The van der Waals surface area contributed by atoms with Crippen LogP contribution < -0.4 is 11.3 Å². The third kappa shape index (κ3) is 4.77. The van der Waals surface area contributed by atoms with Crippen LogP contribution in [-0.4, -0.2) is 47.8 Å². The zero-order valence-electron chi connectivity index (χ0n) is 17.6. The zero-order chi connectivity index (χ0) is 23.0. The van der Waals surface area contributed by atoms with Gasteiger partial charge in [0.15, 0.2) is 9.84 Å². The molecule has 32 heavy (non-hydrogen) atoms. The van der Waals surface area contributed by atoms with E-state index in [0.29, 0.717) is 21.5 Å². The monoisotopic (exact) mass is 538 g/mol. The van der Waals surface area contributed by atoms with Crippen LogP contribution in [-0.2, 0) is 22.9 Å². The average molecular weight is 540 g/mol. The van der Waals surface area contributed by atoms with Gasteiger partial charge in [-0.1, -0.05) is 34.5 Å². The molecule has 4 rings (SSSR count). The van der Waals surface area contributed by atoms with E-state index < -0.39 is 9.84 Å². The molecule has 3 aromatic rings. The summed E-state index contributed by atoms with van der Waals surface area (Å²) >= 11 is 9.70. The quantitative estimate of drug-likeness (QED) is 0.517. The van der Waals surface area contributed by atoms with Crippen LogP contribution in [0.25, 0.3) is 10.9 Å². The molecule has 0 spiro atoms. The van der Waals surface area contributed by atoms with Gasteiger partial charge in [-0.15, -0.1) is 0 Å². The van der Waals surface area contributed by atoms with Gasteiger partial charge in [-0.3, -0.25) is 14.3 Å². The normalized spacial score (nSPS) is 17.3. The van der Waals surface area contributed by atoms with Crippen molar-refractivity contribution < 1.29 is 8.42 Å². The second-order valence-corrected chi connectivity index (χ2v) is 11.6. The van der Waals surface area contributed by atoms with Gasteiger partial charge < -0.3 is 5.73 Å². The van der Waals surface area contributed by atoms with Gasteiger partial charge in [-0.05, 0) is 47.9 Å². The lowest BCUT2D eigenvalue weighted by molar-refractivity contribution is 0.326. The molecular weight excluding hydrogens is 516 g/mol. The van der Waals surface area contributed by atoms with Gasteiger partial charge in [-0.25, -0.2) is 13.4 Å². The molecule has 1 aliphatic rings. The van der Waals surface area contributed by atoms with Crippen molar-refractivity contribution in [2.75, 3.05) is 18.8 Å². The molecule has 0 aliphatic carbocycles. The van der Waals surface area contributed by atoms with Crippen LogP contribution >= 0.6 is 27.5 Å². The van der Waals surface area contributed by atoms with Crippen molar-refractivity contribution in [2.24, 2.45) is 5.73 Å². The minimum Gasteiger partial charge on any atom is -0.326 e. The summed E-state index contributed by atoms with van der Waals surface area (Å²) in [6.07, 6.45) is 2.44. The summed E-state index contributed by atoms with van der Waals surface area (Å²) in [5.74, 6) is -0.0376. The molecule has 1 atom stereocenters. The molecule has 0 saturated carbocycles. The van der Waals surface area contributed by atoms with Crippen molar-refractivity contribution in [3.8, 4) is 0 Å². The van der Waals surface area contributed by atoms with E-state index in [4.69, 9.17) is 17.3 Å². The molecule has 170 valence electrons. The van der Waals surface area contributed by atoms with E-state index in [-0.39, 0.29) is 28.8 Å². The summed E-state index contributed by atoms with van der Waals surface area (Å²) in [5.41, 5.74) is 7.87. The number of rotatable bonds is 6. The summed E-state index contributed by atoms with van der Waals surface area (Å²) in [6.45, 7) is 4.17. The van der Waals surface area contributed by atoms with E-state index in [1.54, 1.807) is 25.1 Å². The Morgan fingerprint density at radius 3 is 2.69 bits per heavy atom. The molecule has 10 heteroatoms. The molecule has 0 bridgehead atoms. The number of sulfone groups is 1. The molecule has 2 aromatic carbocycles. The summed E-state index contributed by atoms with van der Waals surface area (Å²) in [7, 11) is -3.46. The molecule has 1 saturated heterocycles. The van der Waals surface area contributed by atoms with Gasteiger partial charge in [-0.2, -0.15) is 0 Å². The third-order valence-electron chi connectivity index (χ3n) is 5.77. The lowest BCUT2D eigenvalue weighted by Crippen LogP contribution is -2.26. The largest absolute Gasteiger partial charge is 0.326 e. The van der Waals surface area contributed by atoms with E-state index in [1.807, 2.05) is 6.07 Å². The standard InChI is InChI=1S/C22H24BrClN4O3S/c1-2-32(30,31)21-4-3-16(24)7-15(21)11-28-13-26-20-8-14(10-27-6-5-17(25)12-27)19(23)9-18(20)22(28)29/h3-4,7-9,13,17H,2,5-6,10-12,25H2,1H3/t17-/m0/s1. The highest BCUT2D eigenvalue weighted by atomic mass is 79.9. The molecule has 1 fully saturated rings. The SMILES string of the molecule is CCS(=O)(=O)c1ccc(Cl)cc1Cn1cnc2cc(CN3CC[C@H](N)C3)c(Br)cc2c1=O. The van der Waals surface area contributed by atoms with Gasteiger partial charge in [0.05, 0.1) is 34.4 Å². The van der Waals surface area contributed by atoms with Crippen LogP contribution in [0.5, 0.6) is 0 Å². The fraction of sp³-hybridized carbons (Fsp3) is 0.364. The highest BCUT2D eigenvalue weighted by Gasteiger charge is 2.21. The Hall–Kier alpha value is -1.78. The first-order valence-electron chi connectivity index (χ1n) is 10.3. The van der Waals surface area contributed by atoms with Crippen LogP contribution in [0, 0.1) is 0 Å². The van der Waals surface area contributed by atoms with Crippen LogP contribution in [0.2, 0.25) is 5.02 Å². The number of hydrogen-bond donors (Lipinski definition) is 1. The Labute approximate surface area is 200 Å². The minimum atomic E-state index is -3.46.